The quantitative estimate of drug-likeness (QED) is 0.938. The fourth-order valence-electron chi connectivity index (χ4n) is 3.53. The Hall–Kier alpha value is -1.90. The van der Waals surface area contributed by atoms with Crippen molar-refractivity contribution in [2.24, 2.45) is 11.8 Å². The number of amides is 1. The van der Waals surface area contributed by atoms with Crippen LogP contribution >= 0.6 is 0 Å². The van der Waals surface area contributed by atoms with Gasteiger partial charge in [0.15, 0.2) is 0 Å². The molecule has 1 aromatic carbocycles. The van der Waals surface area contributed by atoms with Crippen molar-refractivity contribution in [1.82, 2.24) is 10.3 Å². The van der Waals surface area contributed by atoms with Crippen molar-refractivity contribution in [3.63, 3.8) is 0 Å². The van der Waals surface area contributed by atoms with E-state index in [1.807, 2.05) is 30.3 Å². The molecule has 0 saturated heterocycles. The SMILES string of the molecule is C[C@H]1[C@H](C)CCC[C@@H]1NC(=O)Cc1cccc2cccnc12. The smallest absolute Gasteiger partial charge is 0.224 e. The third-order valence-corrected chi connectivity index (χ3v) is 5.12. The number of nitrogens with zero attached hydrogens (tertiary/aromatic N) is 1. The summed E-state index contributed by atoms with van der Waals surface area (Å²) in [6.07, 6.45) is 5.79. The molecule has 0 unspecified atom stereocenters. The lowest BCUT2D eigenvalue weighted by Crippen LogP contribution is -2.44. The van der Waals surface area contributed by atoms with Crippen molar-refractivity contribution in [2.45, 2.75) is 45.6 Å². The van der Waals surface area contributed by atoms with Gasteiger partial charge in [-0.2, -0.15) is 0 Å². The zero-order chi connectivity index (χ0) is 15.5. The molecule has 1 saturated carbocycles. The highest BCUT2D eigenvalue weighted by Gasteiger charge is 2.28. The van der Waals surface area contributed by atoms with E-state index < -0.39 is 0 Å². The Morgan fingerprint density at radius 2 is 2.05 bits per heavy atom. The highest BCUT2D eigenvalue weighted by molar-refractivity contribution is 5.87. The van der Waals surface area contributed by atoms with E-state index in [2.05, 4.69) is 24.1 Å². The minimum atomic E-state index is 0.115. The van der Waals surface area contributed by atoms with Gasteiger partial charge in [0.1, 0.15) is 0 Å². The first-order valence-electron chi connectivity index (χ1n) is 8.27. The van der Waals surface area contributed by atoms with Crippen LogP contribution in [0.2, 0.25) is 0 Å². The standard InChI is InChI=1S/C19H24N2O/c1-13-6-3-10-17(14(13)2)21-18(22)12-16-8-4-7-15-9-5-11-20-19(15)16/h4-5,7-9,11,13-14,17H,3,6,10,12H2,1-2H3,(H,21,22)/t13-,14+,17+/m1/s1. The van der Waals surface area contributed by atoms with Gasteiger partial charge in [-0.15, -0.1) is 0 Å². The van der Waals surface area contributed by atoms with E-state index in [9.17, 15) is 4.79 Å². The number of fused-ring (bicyclic) bond motifs is 1. The Kier molecular flexibility index (Phi) is 4.41. The molecule has 116 valence electrons. The van der Waals surface area contributed by atoms with Crippen molar-refractivity contribution in [3.05, 3.63) is 42.1 Å². The third kappa shape index (κ3) is 3.13. The van der Waals surface area contributed by atoms with Crippen LogP contribution in [0.1, 0.15) is 38.7 Å². The van der Waals surface area contributed by atoms with Crippen LogP contribution in [0.3, 0.4) is 0 Å². The molecular formula is C19H24N2O. The van der Waals surface area contributed by atoms with E-state index in [1.54, 1.807) is 6.20 Å². The molecule has 0 spiro atoms. The molecule has 3 heteroatoms. The Balaban J connectivity index is 1.71. The average Bonchev–Trinajstić information content (AvgIpc) is 2.52. The molecule has 0 aliphatic heterocycles. The molecule has 0 bridgehead atoms. The summed E-state index contributed by atoms with van der Waals surface area (Å²) in [5.41, 5.74) is 1.94. The Morgan fingerprint density at radius 3 is 2.91 bits per heavy atom. The number of aromatic nitrogens is 1. The van der Waals surface area contributed by atoms with Gasteiger partial charge in [-0.1, -0.05) is 51.0 Å². The second kappa shape index (κ2) is 6.47. The molecule has 22 heavy (non-hydrogen) atoms. The first-order valence-corrected chi connectivity index (χ1v) is 8.27. The first kappa shape index (κ1) is 15.0. The molecule has 1 amide bonds. The van der Waals surface area contributed by atoms with E-state index >= 15 is 0 Å². The topological polar surface area (TPSA) is 42.0 Å². The summed E-state index contributed by atoms with van der Waals surface area (Å²) >= 11 is 0. The Labute approximate surface area is 132 Å². The van der Waals surface area contributed by atoms with E-state index in [0.717, 1.165) is 22.9 Å². The number of carbonyl (C=O) groups is 1. The Morgan fingerprint density at radius 1 is 1.23 bits per heavy atom. The minimum absolute atomic E-state index is 0.115. The monoisotopic (exact) mass is 296 g/mol. The normalized spacial score (nSPS) is 25.1. The number of rotatable bonds is 3. The number of benzene rings is 1. The number of nitrogens with one attached hydrogen (secondary N) is 1. The summed E-state index contributed by atoms with van der Waals surface area (Å²) in [5, 5.41) is 4.34. The van der Waals surface area contributed by atoms with Crippen molar-refractivity contribution >= 4 is 16.8 Å². The lowest BCUT2D eigenvalue weighted by molar-refractivity contribution is -0.121. The number of carbonyl (C=O) groups excluding carboxylic acids is 1. The number of pyridine rings is 1. The van der Waals surface area contributed by atoms with Gasteiger partial charge in [0.05, 0.1) is 11.9 Å². The van der Waals surface area contributed by atoms with E-state index in [4.69, 9.17) is 0 Å². The van der Waals surface area contributed by atoms with Gasteiger partial charge in [-0.25, -0.2) is 0 Å². The average molecular weight is 296 g/mol. The molecule has 0 radical (unpaired) electrons. The van der Waals surface area contributed by atoms with Crippen molar-refractivity contribution in [2.75, 3.05) is 0 Å². The fraction of sp³-hybridized carbons (Fsp3) is 0.474. The van der Waals surface area contributed by atoms with Gasteiger partial charge in [0.2, 0.25) is 5.91 Å². The largest absolute Gasteiger partial charge is 0.353 e. The maximum Gasteiger partial charge on any atom is 0.224 e. The van der Waals surface area contributed by atoms with Gasteiger partial charge in [0, 0.05) is 17.6 Å². The molecule has 1 fully saturated rings. The number of hydrogen-bond donors (Lipinski definition) is 1. The van der Waals surface area contributed by atoms with Gasteiger partial charge >= 0.3 is 0 Å². The summed E-state index contributed by atoms with van der Waals surface area (Å²) in [6, 6.07) is 10.3. The van der Waals surface area contributed by atoms with Crippen LogP contribution < -0.4 is 5.32 Å². The lowest BCUT2D eigenvalue weighted by atomic mass is 9.78. The molecule has 3 atom stereocenters. The zero-order valence-corrected chi connectivity index (χ0v) is 13.4. The second-order valence-electron chi connectivity index (χ2n) is 6.61. The van der Waals surface area contributed by atoms with Gasteiger partial charge < -0.3 is 5.32 Å². The van der Waals surface area contributed by atoms with Crippen LogP contribution in [0.15, 0.2) is 36.5 Å². The van der Waals surface area contributed by atoms with Crippen LogP contribution in [0.25, 0.3) is 10.9 Å². The van der Waals surface area contributed by atoms with Gasteiger partial charge in [-0.3, -0.25) is 9.78 Å². The van der Waals surface area contributed by atoms with Gasteiger partial charge in [-0.05, 0) is 29.9 Å². The number of para-hydroxylation sites is 1. The summed E-state index contributed by atoms with van der Waals surface area (Å²) in [4.78, 5) is 16.9. The van der Waals surface area contributed by atoms with E-state index in [1.165, 1.54) is 12.8 Å². The molecule has 1 heterocycles. The van der Waals surface area contributed by atoms with Gasteiger partial charge in [0.25, 0.3) is 0 Å². The first-order chi connectivity index (χ1) is 10.6. The molecular weight excluding hydrogens is 272 g/mol. The molecule has 3 nitrogen and oxygen atoms in total. The molecule has 2 aromatic rings. The zero-order valence-electron chi connectivity index (χ0n) is 13.4. The predicted octanol–water partition coefficient (Wildman–Crippen LogP) is 3.72. The highest BCUT2D eigenvalue weighted by Crippen LogP contribution is 2.29. The maximum absolute atomic E-state index is 12.4. The van der Waals surface area contributed by atoms with E-state index in [-0.39, 0.29) is 5.91 Å². The van der Waals surface area contributed by atoms with E-state index in [0.29, 0.717) is 24.3 Å². The Bertz CT molecular complexity index is 662. The molecule has 1 aromatic heterocycles. The predicted molar refractivity (Wildman–Crippen MR) is 89.6 cm³/mol. The molecule has 1 aliphatic rings. The van der Waals surface area contributed by atoms with Crippen LogP contribution in [0.4, 0.5) is 0 Å². The van der Waals surface area contributed by atoms with Crippen molar-refractivity contribution in [3.8, 4) is 0 Å². The number of hydrogen-bond acceptors (Lipinski definition) is 2. The van der Waals surface area contributed by atoms with Crippen LogP contribution in [-0.4, -0.2) is 16.9 Å². The van der Waals surface area contributed by atoms with Crippen LogP contribution in [-0.2, 0) is 11.2 Å². The van der Waals surface area contributed by atoms with Crippen LogP contribution in [0.5, 0.6) is 0 Å². The molecule has 1 aliphatic carbocycles. The summed E-state index contributed by atoms with van der Waals surface area (Å²) in [7, 11) is 0. The van der Waals surface area contributed by atoms with Crippen LogP contribution in [0, 0.1) is 11.8 Å². The molecule has 3 rings (SSSR count). The summed E-state index contributed by atoms with van der Waals surface area (Å²) in [5.74, 6) is 1.37. The minimum Gasteiger partial charge on any atom is -0.353 e. The third-order valence-electron chi connectivity index (χ3n) is 5.12. The highest BCUT2D eigenvalue weighted by atomic mass is 16.1. The lowest BCUT2D eigenvalue weighted by Gasteiger charge is -2.34. The maximum atomic E-state index is 12.4. The van der Waals surface area contributed by atoms with Crippen molar-refractivity contribution in [1.29, 1.82) is 0 Å². The second-order valence-corrected chi connectivity index (χ2v) is 6.61. The molecule has 1 N–H and O–H groups in total. The fourth-order valence-corrected chi connectivity index (χ4v) is 3.53. The summed E-state index contributed by atoms with van der Waals surface area (Å²) < 4.78 is 0. The summed E-state index contributed by atoms with van der Waals surface area (Å²) in [6.45, 7) is 4.55. The van der Waals surface area contributed by atoms with Crippen molar-refractivity contribution < 1.29 is 4.79 Å².